The van der Waals surface area contributed by atoms with Gasteiger partial charge in [-0.3, -0.25) is 9.59 Å². The van der Waals surface area contributed by atoms with Gasteiger partial charge in [0.15, 0.2) is 11.6 Å². The minimum Gasteiger partial charge on any atom is -0.292 e. The van der Waals surface area contributed by atoms with Crippen molar-refractivity contribution in [3.8, 4) is 0 Å². The number of hydrogen-bond acceptors (Lipinski definition) is 2. The van der Waals surface area contributed by atoms with Crippen molar-refractivity contribution in [3.63, 3.8) is 0 Å². The zero-order valence-electron chi connectivity index (χ0n) is 15.4. The molecule has 0 amide bonds. The summed E-state index contributed by atoms with van der Waals surface area (Å²) in [4.78, 5) is 24.9. The molecule has 2 nitrogen and oxygen atoms in total. The zero-order valence-corrected chi connectivity index (χ0v) is 16.9. The Morgan fingerprint density at radius 3 is 1.31 bits per heavy atom. The van der Waals surface area contributed by atoms with Gasteiger partial charge < -0.3 is 0 Å². The molecule has 0 radical (unpaired) electrons. The van der Waals surface area contributed by atoms with E-state index >= 15 is 0 Å². The van der Waals surface area contributed by atoms with Gasteiger partial charge >= 0.3 is 0 Å². The maximum Gasteiger partial charge on any atom is 0.183 e. The van der Waals surface area contributed by atoms with Crippen LogP contribution in [-0.4, -0.2) is 21.3 Å². The fourth-order valence-corrected chi connectivity index (χ4v) is 8.18. The first-order valence-corrected chi connectivity index (χ1v) is 11.5. The Morgan fingerprint density at radius 1 is 0.577 bits per heavy atom. The van der Waals surface area contributed by atoms with E-state index in [0.29, 0.717) is 0 Å². The van der Waals surface area contributed by atoms with Crippen LogP contribution in [0, 0.1) is 23.7 Å². The van der Waals surface area contributed by atoms with Gasteiger partial charge in [-0.05, 0) is 49.4 Å². The minimum atomic E-state index is -1.17. The first kappa shape index (κ1) is 17.7. The van der Waals surface area contributed by atoms with E-state index in [1.807, 2.05) is 0 Å². The highest BCUT2D eigenvalue weighted by atomic mass is 35.5. The molecule has 0 saturated heterocycles. The molecule has 0 aromatic rings. The van der Waals surface area contributed by atoms with E-state index < -0.39 is 9.75 Å². The van der Waals surface area contributed by atoms with Crippen molar-refractivity contribution >= 4 is 34.8 Å². The predicted molar refractivity (Wildman–Crippen MR) is 104 cm³/mol. The first-order valence-electron chi connectivity index (χ1n) is 10.7. The molecule has 0 spiro atoms. The lowest BCUT2D eigenvalue weighted by atomic mass is 9.42. The van der Waals surface area contributed by atoms with Gasteiger partial charge in [0.05, 0.1) is 0 Å². The lowest BCUT2D eigenvalue weighted by Crippen LogP contribution is -2.80. The highest BCUT2D eigenvalue weighted by Crippen LogP contribution is 2.71. The largest absolute Gasteiger partial charge is 0.292 e. The fourth-order valence-electron chi connectivity index (χ4n) is 7.00. The van der Waals surface area contributed by atoms with E-state index in [-0.39, 0.29) is 35.2 Å². The van der Waals surface area contributed by atoms with E-state index in [9.17, 15) is 9.59 Å². The number of fused-ring (bicyclic) bond motifs is 7. The summed E-state index contributed by atoms with van der Waals surface area (Å²) in [5.41, 5.74) is 1.60. The molecule has 0 bridgehead atoms. The number of carbonyl (C=O) groups excluding carboxylic acids is 2. The van der Waals surface area contributed by atoms with Crippen molar-refractivity contribution in [3.05, 3.63) is 11.1 Å². The van der Waals surface area contributed by atoms with Crippen molar-refractivity contribution in [2.24, 2.45) is 23.7 Å². The number of ketones is 2. The normalized spacial score (nSPS) is 48.4. The molecule has 0 aromatic carbocycles. The van der Waals surface area contributed by atoms with Gasteiger partial charge in [0, 0.05) is 11.1 Å². The van der Waals surface area contributed by atoms with E-state index in [0.717, 1.165) is 62.5 Å². The van der Waals surface area contributed by atoms with E-state index in [2.05, 4.69) is 0 Å². The second kappa shape index (κ2) is 6.08. The fraction of sp³-hybridized carbons (Fsp3) is 0.818. The summed E-state index contributed by atoms with van der Waals surface area (Å²) < 4.78 is 0. The van der Waals surface area contributed by atoms with Crippen LogP contribution < -0.4 is 0 Å². The summed E-state index contributed by atoms with van der Waals surface area (Å²) in [5, 5.41) is 0. The maximum absolute atomic E-state index is 13.6. The highest BCUT2D eigenvalue weighted by Gasteiger charge is 2.80. The van der Waals surface area contributed by atoms with Crippen LogP contribution in [0.2, 0.25) is 0 Å². The maximum atomic E-state index is 13.6. The molecule has 0 heterocycles. The molecule has 4 heteroatoms. The van der Waals surface area contributed by atoms with Crippen LogP contribution >= 0.6 is 23.2 Å². The number of Topliss-reactive ketones (excluding diaryl/α,β-unsaturated/α-hetero) is 2. The van der Waals surface area contributed by atoms with Crippen LogP contribution in [0.3, 0.4) is 0 Å². The molecule has 5 rings (SSSR count). The van der Waals surface area contributed by atoms with Crippen LogP contribution in [0.4, 0.5) is 0 Å². The van der Waals surface area contributed by atoms with Gasteiger partial charge in [0.25, 0.3) is 0 Å². The second-order valence-electron chi connectivity index (χ2n) is 9.32. The summed E-state index contributed by atoms with van der Waals surface area (Å²) in [7, 11) is 0. The third-order valence-corrected chi connectivity index (χ3v) is 9.86. The van der Waals surface area contributed by atoms with Crippen molar-refractivity contribution in [1.29, 1.82) is 0 Å². The molecule has 6 atom stereocenters. The van der Waals surface area contributed by atoms with Gasteiger partial charge in [-0.25, -0.2) is 0 Å². The van der Waals surface area contributed by atoms with Gasteiger partial charge in [-0.2, -0.15) is 0 Å². The molecule has 0 N–H and O–H groups in total. The van der Waals surface area contributed by atoms with Gasteiger partial charge in [-0.15, -0.1) is 23.2 Å². The molecule has 26 heavy (non-hydrogen) atoms. The Kier molecular flexibility index (Phi) is 4.15. The third-order valence-electron chi connectivity index (χ3n) is 8.27. The van der Waals surface area contributed by atoms with Crippen LogP contribution in [-0.2, 0) is 9.59 Å². The second-order valence-corrected chi connectivity index (χ2v) is 10.5. The standard InChI is InChI=1S/C22H28Cl2O2/c23-21-15-11-7-3-4-8-12-16(15)22(21,24)20(26)18-14-10-6-2-1-5-9-13(14)17(18)19(21)25/h13-16H,1-12H2. The molecular formula is C22H28Cl2O2. The van der Waals surface area contributed by atoms with Crippen molar-refractivity contribution < 1.29 is 9.59 Å². The summed E-state index contributed by atoms with van der Waals surface area (Å²) in [6, 6.07) is 0. The topological polar surface area (TPSA) is 34.1 Å². The number of halogens is 2. The molecule has 3 fully saturated rings. The molecular weight excluding hydrogens is 367 g/mol. The molecule has 5 aliphatic carbocycles. The number of hydrogen-bond donors (Lipinski definition) is 0. The molecule has 0 aromatic heterocycles. The monoisotopic (exact) mass is 394 g/mol. The molecule has 5 aliphatic rings. The average molecular weight is 395 g/mol. The van der Waals surface area contributed by atoms with E-state index in [4.69, 9.17) is 23.2 Å². The van der Waals surface area contributed by atoms with Crippen LogP contribution in [0.1, 0.15) is 77.0 Å². The molecule has 0 aliphatic heterocycles. The summed E-state index contributed by atoms with van der Waals surface area (Å²) in [6.07, 6.45) is 13.4. The van der Waals surface area contributed by atoms with Crippen molar-refractivity contribution in [2.45, 2.75) is 86.8 Å². The predicted octanol–water partition coefficient (Wildman–Crippen LogP) is 5.59. The van der Waals surface area contributed by atoms with E-state index in [1.54, 1.807) is 0 Å². The average Bonchev–Trinajstić information content (AvgIpc) is 2.57. The summed E-state index contributed by atoms with van der Waals surface area (Å²) in [6.45, 7) is 0. The van der Waals surface area contributed by atoms with Gasteiger partial charge in [0.2, 0.25) is 0 Å². The number of alkyl halides is 2. The Balaban J connectivity index is 1.57. The zero-order chi connectivity index (χ0) is 18.1. The Morgan fingerprint density at radius 2 is 0.923 bits per heavy atom. The van der Waals surface area contributed by atoms with Gasteiger partial charge in [0.1, 0.15) is 9.75 Å². The first-order chi connectivity index (χ1) is 12.5. The summed E-state index contributed by atoms with van der Waals surface area (Å²) >= 11 is 14.1. The number of carbonyl (C=O) groups is 2. The van der Waals surface area contributed by atoms with Crippen molar-refractivity contribution in [1.82, 2.24) is 0 Å². The SMILES string of the molecule is O=C1C2=C(C(=O)C3(Cl)C4CCCCCCC4C13Cl)C1CCCCCCC21. The lowest BCUT2D eigenvalue weighted by Gasteiger charge is -2.67. The lowest BCUT2D eigenvalue weighted by molar-refractivity contribution is -0.146. The number of allylic oxidation sites excluding steroid dienone is 2. The third kappa shape index (κ3) is 1.96. The molecule has 6 unspecified atom stereocenters. The quantitative estimate of drug-likeness (QED) is 0.501. The molecule has 3 saturated carbocycles. The smallest absolute Gasteiger partial charge is 0.183 e. The van der Waals surface area contributed by atoms with Crippen LogP contribution in [0.15, 0.2) is 11.1 Å². The summed E-state index contributed by atoms with van der Waals surface area (Å²) in [5.74, 6) is 0.775. The highest BCUT2D eigenvalue weighted by molar-refractivity contribution is 6.56. The Bertz CT molecular complexity index is 640. The Hall–Kier alpha value is -0.340. The van der Waals surface area contributed by atoms with Crippen molar-refractivity contribution in [2.75, 3.05) is 0 Å². The minimum absolute atomic E-state index is 0.0346. The van der Waals surface area contributed by atoms with Crippen LogP contribution in [0.5, 0.6) is 0 Å². The van der Waals surface area contributed by atoms with E-state index in [1.165, 1.54) is 25.7 Å². The molecule has 142 valence electrons. The van der Waals surface area contributed by atoms with Gasteiger partial charge in [-0.1, -0.05) is 51.4 Å². The van der Waals surface area contributed by atoms with Crippen LogP contribution in [0.25, 0.3) is 0 Å². The number of rotatable bonds is 0. The Labute approximate surface area is 166 Å².